The third-order valence-corrected chi connectivity index (χ3v) is 5.42. The summed E-state index contributed by atoms with van der Waals surface area (Å²) in [6.07, 6.45) is 1.60. The van der Waals surface area contributed by atoms with Crippen LogP contribution in [0.4, 0.5) is 0 Å². The normalized spacial score (nSPS) is 11.6. The Hall–Kier alpha value is -0.400. The minimum atomic E-state index is -0.193. The van der Waals surface area contributed by atoms with Gasteiger partial charge in [0, 0.05) is 17.2 Å². The summed E-state index contributed by atoms with van der Waals surface area (Å²) >= 11 is 24.6. The molecule has 0 amide bonds. The molecule has 21 heavy (non-hydrogen) atoms. The number of benzene rings is 2. The van der Waals surface area contributed by atoms with E-state index < -0.39 is 0 Å². The van der Waals surface area contributed by atoms with E-state index in [0.29, 0.717) is 21.8 Å². The molecule has 0 bridgehead atoms. The Balaban J connectivity index is 2.23. The van der Waals surface area contributed by atoms with E-state index in [0.717, 1.165) is 18.4 Å². The van der Waals surface area contributed by atoms with Crippen molar-refractivity contribution in [3.05, 3.63) is 69.7 Å². The first kappa shape index (κ1) is 17.0. The fraction of sp³-hybridized carbons (Fsp3) is 0.294. The number of alkyl halides is 2. The van der Waals surface area contributed by atoms with Crippen molar-refractivity contribution < 1.29 is 0 Å². The van der Waals surface area contributed by atoms with E-state index in [2.05, 4.69) is 12.1 Å². The molecule has 0 atom stereocenters. The summed E-state index contributed by atoms with van der Waals surface area (Å²) in [6, 6.07) is 15.9. The lowest BCUT2D eigenvalue weighted by atomic mass is 9.80. The molecule has 0 radical (unpaired) electrons. The predicted molar refractivity (Wildman–Crippen MR) is 94.2 cm³/mol. The van der Waals surface area contributed by atoms with Crippen LogP contribution in [-0.2, 0) is 12.8 Å². The van der Waals surface area contributed by atoms with Crippen molar-refractivity contribution in [2.45, 2.75) is 12.8 Å². The fourth-order valence-corrected chi connectivity index (χ4v) is 3.38. The molecule has 0 aliphatic rings. The lowest BCUT2D eigenvalue weighted by Gasteiger charge is -2.30. The first-order valence-corrected chi connectivity index (χ1v) is 8.51. The van der Waals surface area contributed by atoms with Crippen molar-refractivity contribution in [2.75, 3.05) is 11.8 Å². The van der Waals surface area contributed by atoms with Gasteiger partial charge in [0.2, 0.25) is 0 Å². The van der Waals surface area contributed by atoms with E-state index in [1.54, 1.807) is 0 Å². The second-order valence-corrected chi connectivity index (χ2v) is 6.70. The topological polar surface area (TPSA) is 0 Å². The van der Waals surface area contributed by atoms with Gasteiger partial charge in [0.1, 0.15) is 0 Å². The van der Waals surface area contributed by atoms with Gasteiger partial charge in [0.05, 0.1) is 10.0 Å². The Morgan fingerprint density at radius 1 is 0.714 bits per heavy atom. The minimum absolute atomic E-state index is 0.193. The molecular weight excluding hydrogens is 346 g/mol. The van der Waals surface area contributed by atoms with Crippen LogP contribution in [-0.4, -0.2) is 11.8 Å². The molecule has 0 fully saturated rings. The Morgan fingerprint density at radius 3 is 1.90 bits per heavy atom. The van der Waals surface area contributed by atoms with Crippen LogP contribution in [0, 0.1) is 5.41 Å². The van der Waals surface area contributed by atoms with Crippen molar-refractivity contribution in [2.24, 2.45) is 5.41 Å². The third-order valence-electron chi connectivity index (χ3n) is 3.55. The summed E-state index contributed by atoms with van der Waals surface area (Å²) in [7, 11) is 0. The Kier molecular flexibility index (Phi) is 6.25. The van der Waals surface area contributed by atoms with Gasteiger partial charge in [-0.1, -0.05) is 59.6 Å². The summed E-state index contributed by atoms with van der Waals surface area (Å²) in [5.74, 6) is 0.983. The quantitative estimate of drug-likeness (QED) is 0.534. The van der Waals surface area contributed by atoms with Gasteiger partial charge in [-0.25, -0.2) is 0 Å². The molecule has 0 nitrogen and oxygen atoms in total. The lowest BCUT2D eigenvalue weighted by Crippen LogP contribution is -2.30. The van der Waals surface area contributed by atoms with Crippen LogP contribution in [0.3, 0.4) is 0 Å². The number of rotatable bonds is 6. The summed E-state index contributed by atoms with van der Waals surface area (Å²) in [4.78, 5) is 0. The first-order chi connectivity index (χ1) is 10.1. The zero-order valence-corrected chi connectivity index (χ0v) is 14.5. The van der Waals surface area contributed by atoms with Gasteiger partial charge in [-0.3, -0.25) is 0 Å². The summed E-state index contributed by atoms with van der Waals surface area (Å²) < 4.78 is 0. The van der Waals surface area contributed by atoms with Crippen LogP contribution >= 0.6 is 46.4 Å². The largest absolute Gasteiger partial charge is 0.126 e. The fourth-order valence-electron chi connectivity index (χ4n) is 2.40. The van der Waals surface area contributed by atoms with Crippen LogP contribution < -0.4 is 0 Å². The van der Waals surface area contributed by atoms with E-state index in [1.807, 2.05) is 36.4 Å². The van der Waals surface area contributed by atoms with Gasteiger partial charge in [-0.2, -0.15) is 0 Å². The molecule has 0 aliphatic carbocycles. The predicted octanol–water partition coefficient (Wildman–Crippen LogP) is 6.24. The van der Waals surface area contributed by atoms with E-state index in [4.69, 9.17) is 46.4 Å². The molecule has 2 rings (SSSR count). The van der Waals surface area contributed by atoms with Crippen LogP contribution in [0.25, 0.3) is 0 Å². The highest BCUT2D eigenvalue weighted by Crippen LogP contribution is 2.33. The number of hydrogen-bond donors (Lipinski definition) is 0. The molecule has 0 spiro atoms. The molecule has 2 aromatic rings. The monoisotopic (exact) mass is 360 g/mol. The molecule has 0 aliphatic heterocycles. The highest BCUT2D eigenvalue weighted by molar-refractivity contribution is 6.42. The van der Waals surface area contributed by atoms with Gasteiger partial charge < -0.3 is 0 Å². The molecule has 0 heterocycles. The van der Waals surface area contributed by atoms with Crippen LogP contribution in [0.15, 0.2) is 48.5 Å². The zero-order valence-electron chi connectivity index (χ0n) is 11.5. The molecule has 0 aromatic heterocycles. The maximum absolute atomic E-state index is 6.25. The second-order valence-electron chi connectivity index (χ2n) is 5.35. The Morgan fingerprint density at radius 2 is 1.33 bits per heavy atom. The van der Waals surface area contributed by atoms with E-state index in [9.17, 15) is 0 Å². The van der Waals surface area contributed by atoms with Crippen molar-refractivity contribution >= 4 is 46.4 Å². The molecule has 0 N–H and O–H groups in total. The number of halogens is 4. The molecule has 0 saturated heterocycles. The Labute approximate surface area is 146 Å². The molecular formula is C17H16Cl4. The van der Waals surface area contributed by atoms with Gasteiger partial charge in [0.25, 0.3) is 0 Å². The standard InChI is InChI=1S/C17H16Cl4/c18-11-17(12-19,9-13-4-2-1-3-5-13)10-14-6-7-15(20)16(21)8-14/h1-8H,9-12H2. The number of hydrogen-bond acceptors (Lipinski definition) is 0. The summed E-state index contributed by atoms with van der Waals surface area (Å²) in [5.41, 5.74) is 2.14. The van der Waals surface area contributed by atoms with Crippen LogP contribution in [0.5, 0.6) is 0 Å². The third kappa shape index (κ3) is 4.53. The van der Waals surface area contributed by atoms with Gasteiger partial charge in [-0.05, 0) is 36.1 Å². The van der Waals surface area contributed by atoms with Crippen LogP contribution in [0.1, 0.15) is 11.1 Å². The summed E-state index contributed by atoms with van der Waals surface area (Å²) in [6.45, 7) is 0. The first-order valence-electron chi connectivity index (χ1n) is 6.68. The molecule has 0 saturated carbocycles. The Bertz CT molecular complexity index is 577. The summed E-state index contributed by atoms with van der Waals surface area (Å²) in [5, 5.41) is 1.12. The highest BCUT2D eigenvalue weighted by atomic mass is 35.5. The maximum atomic E-state index is 6.25. The van der Waals surface area contributed by atoms with Gasteiger partial charge >= 0.3 is 0 Å². The molecule has 112 valence electrons. The van der Waals surface area contributed by atoms with Gasteiger partial charge in [0.15, 0.2) is 0 Å². The van der Waals surface area contributed by atoms with Crippen LogP contribution in [0.2, 0.25) is 10.0 Å². The molecule has 4 heteroatoms. The highest BCUT2D eigenvalue weighted by Gasteiger charge is 2.29. The molecule has 0 unspecified atom stereocenters. The van der Waals surface area contributed by atoms with E-state index >= 15 is 0 Å². The minimum Gasteiger partial charge on any atom is -0.126 e. The van der Waals surface area contributed by atoms with Gasteiger partial charge in [-0.15, -0.1) is 23.2 Å². The average Bonchev–Trinajstić information content (AvgIpc) is 2.51. The van der Waals surface area contributed by atoms with Crippen molar-refractivity contribution in [1.29, 1.82) is 0 Å². The molecule has 2 aromatic carbocycles. The smallest absolute Gasteiger partial charge is 0.0595 e. The van der Waals surface area contributed by atoms with Crippen molar-refractivity contribution in [3.63, 3.8) is 0 Å². The van der Waals surface area contributed by atoms with E-state index in [1.165, 1.54) is 5.56 Å². The SMILES string of the molecule is ClCC(CCl)(Cc1ccccc1)Cc1ccc(Cl)c(Cl)c1. The average molecular weight is 362 g/mol. The second kappa shape index (κ2) is 7.74. The maximum Gasteiger partial charge on any atom is 0.0595 e. The van der Waals surface area contributed by atoms with E-state index in [-0.39, 0.29) is 5.41 Å². The van der Waals surface area contributed by atoms with Crippen molar-refractivity contribution in [3.8, 4) is 0 Å². The zero-order chi connectivity index (χ0) is 15.3. The van der Waals surface area contributed by atoms with Crippen molar-refractivity contribution in [1.82, 2.24) is 0 Å². The lowest BCUT2D eigenvalue weighted by molar-refractivity contribution is 0.374.